The Morgan fingerprint density at radius 3 is 2.22 bits per heavy atom. The van der Waals surface area contributed by atoms with Gasteiger partial charge < -0.3 is 20.3 Å². The van der Waals surface area contributed by atoms with Crippen LogP contribution in [0.2, 0.25) is 0 Å². The standard InChI is InChI=1S/C22H17I3N2O5/c23-15-11-14(6-7-19(15)32-22(30)27-13-4-2-1-3-5-13)31-20-16(24)8-12(9-17(20)25)10-18(26)21(28)29/h1-9,11,18H,10,26H2,(H,27,30)(H,28,29)/t18-/m0/s1. The van der Waals surface area contributed by atoms with Crippen molar-refractivity contribution in [1.29, 1.82) is 0 Å². The lowest BCUT2D eigenvalue weighted by molar-refractivity contribution is -0.138. The third kappa shape index (κ3) is 6.92. The van der Waals surface area contributed by atoms with E-state index < -0.39 is 18.1 Å². The van der Waals surface area contributed by atoms with Crippen LogP contribution in [0.1, 0.15) is 5.56 Å². The van der Waals surface area contributed by atoms with Crippen molar-refractivity contribution in [3.63, 3.8) is 0 Å². The minimum atomic E-state index is -1.04. The molecule has 3 aromatic carbocycles. The van der Waals surface area contributed by atoms with E-state index in [2.05, 4.69) is 73.1 Å². The second-order valence-electron chi connectivity index (χ2n) is 6.61. The van der Waals surface area contributed by atoms with Crippen LogP contribution in [0.25, 0.3) is 0 Å². The maximum absolute atomic E-state index is 12.1. The lowest BCUT2D eigenvalue weighted by Crippen LogP contribution is -2.32. The predicted molar refractivity (Wildman–Crippen MR) is 147 cm³/mol. The van der Waals surface area contributed by atoms with Gasteiger partial charge in [0.15, 0.2) is 5.75 Å². The van der Waals surface area contributed by atoms with Crippen LogP contribution in [-0.4, -0.2) is 23.2 Å². The van der Waals surface area contributed by atoms with E-state index in [0.29, 0.717) is 26.5 Å². The molecule has 166 valence electrons. The molecule has 0 spiro atoms. The number of carboxylic acid groups (broad SMARTS) is 1. The van der Waals surface area contributed by atoms with E-state index in [1.165, 1.54) is 0 Å². The molecule has 0 fully saturated rings. The number of hydrogen-bond donors (Lipinski definition) is 3. The molecule has 32 heavy (non-hydrogen) atoms. The van der Waals surface area contributed by atoms with Gasteiger partial charge in [-0.1, -0.05) is 18.2 Å². The SMILES string of the molecule is N[C@@H](Cc1cc(I)c(Oc2ccc(OC(=O)Nc3ccccc3)c(I)c2)c(I)c1)C(=O)O. The van der Waals surface area contributed by atoms with E-state index in [9.17, 15) is 9.59 Å². The number of carbonyl (C=O) groups excluding carboxylic acids is 1. The van der Waals surface area contributed by atoms with Crippen LogP contribution in [0, 0.1) is 10.7 Å². The number of ether oxygens (including phenoxy) is 2. The largest absolute Gasteiger partial charge is 0.480 e. The highest BCUT2D eigenvalue weighted by atomic mass is 127. The number of hydrogen-bond acceptors (Lipinski definition) is 5. The molecular weight excluding hydrogens is 753 g/mol. The fourth-order valence-corrected chi connectivity index (χ4v) is 5.39. The maximum atomic E-state index is 12.1. The molecule has 0 aliphatic rings. The summed E-state index contributed by atoms with van der Waals surface area (Å²) in [6.07, 6.45) is -0.349. The van der Waals surface area contributed by atoms with Gasteiger partial charge in [-0.15, -0.1) is 0 Å². The zero-order chi connectivity index (χ0) is 23.3. The van der Waals surface area contributed by atoms with Gasteiger partial charge in [-0.3, -0.25) is 10.1 Å². The summed E-state index contributed by atoms with van der Waals surface area (Å²) in [4.78, 5) is 23.1. The van der Waals surface area contributed by atoms with Gasteiger partial charge in [-0.2, -0.15) is 0 Å². The van der Waals surface area contributed by atoms with Crippen molar-refractivity contribution in [1.82, 2.24) is 0 Å². The third-order valence-electron chi connectivity index (χ3n) is 4.18. The highest BCUT2D eigenvalue weighted by Gasteiger charge is 2.16. The first-order valence-electron chi connectivity index (χ1n) is 9.20. The van der Waals surface area contributed by atoms with Gasteiger partial charge in [-0.05, 0) is 122 Å². The summed E-state index contributed by atoms with van der Waals surface area (Å²) < 4.78 is 13.8. The van der Waals surface area contributed by atoms with Gasteiger partial charge >= 0.3 is 12.1 Å². The number of para-hydroxylation sites is 1. The minimum Gasteiger partial charge on any atom is -0.480 e. The molecule has 1 atom stereocenters. The summed E-state index contributed by atoms with van der Waals surface area (Å²) >= 11 is 6.37. The summed E-state index contributed by atoms with van der Waals surface area (Å²) in [6, 6.07) is 17.0. The molecule has 0 radical (unpaired) electrons. The molecule has 0 heterocycles. The van der Waals surface area contributed by atoms with Crippen LogP contribution in [0.4, 0.5) is 10.5 Å². The minimum absolute atomic E-state index is 0.233. The molecule has 0 saturated heterocycles. The number of rotatable bonds is 7. The molecule has 10 heteroatoms. The van der Waals surface area contributed by atoms with Crippen LogP contribution in [0.15, 0.2) is 60.7 Å². The number of amides is 1. The Kier molecular flexibility index (Phi) is 8.95. The second kappa shape index (κ2) is 11.5. The number of benzene rings is 3. The summed E-state index contributed by atoms with van der Waals surface area (Å²) in [6.45, 7) is 0. The number of halogens is 3. The first-order chi connectivity index (χ1) is 15.2. The zero-order valence-electron chi connectivity index (χ0n) is 16.3. The molecule has 1 amide bonds. The van der Waals surface area contributed by atoms with Crippen molar-refractivity contribution >= 4 is 85.5 Å². The van der Waals surface area contributed by atoms with Crippen molar-refractivity contribution in [3.05, 3.63) is 76.9 Å². The lowest BCUT2D eigenvalue weighted by atomic mass is 10.1. The second-order valence-corrected chi connectivity index (χ2v) is 10.1. The van der Waals surface area contributed by atoms with Crippen molar-refractivity contribution in [2.45, 2.75) is 12.5 Å². The Balaban J connectivity index is 1.70. The Bertz CT molecular complexity index is 1120. The average molecular weight is 770 g/mol. The summed E-state index contributed by atoms with van der Waals surface area (Å²) in [5, 5.41) is 11.7. The summed E-state index contributed by atoms with van der Waals surface area (Å²) in [5.41, 5.74) is 7.11. The van der Waals surface area contributed by atoms with E-state index >= 15 is 0 Å². The van der Waals surface area contributed by atoms with Gasteiger partial charge in [0, 0.05) is 5.69 Å². The number of nitrogens with one attached hydrogen (secondary N) is 1. The van der Waals surface area contributed by atoms with Crippen molar-refractivity contribution < 1.29 is 24.2 Å². The Morgan fingerprint density at radius 1 is 0.969 bits per heavy atom. The summed E-state index contributed by atoms with van der Waals surface area (Å²) in [7, 11) is 0. The van der Waals surface area contributed by atoms with Gasteiger partial charge in [0.25, 0.3) is 0 Å². The van der Waals surface area contributed by atoms with E-state index in [-0.39, 0.29) is 6.42 Å². The van der Waals surface area contributed by atoms with Crippen LogP contribution in [0.3, 0.4) is 0 Å². The number of anilines is 1. The van der Waals surface area contributed by atoms with Crippen molar-refractivity contribution in [2.75, 3.05) is 5.32 Å². The van der Waals surface area contributed by atoms with Crippen LogP contribution < -0.4 is 20.5 Å². The van der Waals surface area contributed by atoms with Crippen LogP contribution in [0.5, 0.6) is 17.2 Å². The van der Waals surface area contributed by atoms with E-state index in [1.54, 1.807) is 30.3 Å². The maximum Gasteiger partial charge on any atom is 0.417 e. The Morgan fingerprint density at radius 2 is 1.62 bits per heavy atom. The van der Waals surface area contributed by atoms with Gasteiger partial charge in [-0.25, -0.2) is 4.79 Å². The van der Waals surface area contributed by atoms with E-state index in [1.807, 2.05) is 30.3 Å². The molecule has 7 nitrogen and oxygen atoms in total. The normalized spacial score (nSPS) is 11.5. The number of nitrogens with two attached hydrogens (primary N) is 1. The molecule has 0 aromatic heterocycles. The molecule has 0 aliphatic carbocycles. The quantitative estimate of drug-likeness (QED) is 0.260. The summed E-state index contributed by atoms with van der Waals surface area (Å²) in [5.74, 6) is 0.611. The molecule has 0 unspecified atom stereocenters. The third-order valence-corrected chi connectivity index (χ3v) is 6.62. The van der Waals surface area contributed by atoms with Crippen molar-refractivity contribution in [3.8, 4) is 17.2 Å². The molecule has 0 saturated carbocycles. The molecule has 0 aliphatic heterocycles. The topological polar surface area (TPSA) is 111 Å². The Hall–Kier alpha value is -1.65. The fraction of sp³-hybridized carbons (Fsp3) is 0.0909. The van der Waals surface area contributed by atoms with Gasteiger partial charge in [0.1, 0.15) is 17.5 Å². The molecule has 3 aromatic rings. The monoisotopic (exact) mass is 770 g/mol. The molecular formula is C22H17I3N2O5. The highest BCUT2D eigenvalue weighted by Crippen LogP contribution is 2.35. The molecule has 3 rings (SSSR count). The van der Waals surface area contributed by atoms with Crippen molar-refractivity contribution in [2.24, 2.45) is 5.73 Å². The number of carboxylic acids is 1. The van der Waals surface area contributed by atoms with Gasteiger partial charge in [0.2, 0.25) is 0 Å². The smallest absolute Gasteiger partial charge is 0.417 e. The fourth-order valence-electron chi connectivity index (χ4n) is 2.68. The highest BCUT2D eigenvalue weighted by molar-refractivity contribution is 14.1. The first-order valence-corrected chi connectivity index (χ1v) is 12.4. The first kappa shape index (κ1) is 25.0. The lowest BCUT2D eigenvalue weighted by Gasteiger charge is -2.14. The number of carbonyl (C=O) groups is 2. The van der Waals surface area contributed by atoms with Crippen LogP contribution >= 0.6 is 67.8 Å². The number of aliphatic carboxylic acids is 1. The zero-order valence-corrected chi connectivity index (χ0v) is 22.8. The van der Waals surface area contributed by atoms with E-state index in [0.717, 1.165) is 12.7 Å². The Labute approximate surface area is 225 Å². The predicted octanol–water partition coefficient (Wildman–Crippen LogP) is 5.86. The van der Waals surface area contributed by atoms with E-state index in [4.69, 9.17) is 20.3 Å². The molecule has 0 bridgehead atoms. The average Bonchev–Trinajstić information content (AvgIpc) is 2.73. The van der Waals surface area contributed by atoms with Gasteiger partial charge in [0.05, 0.1) is 10.7 Å². The van der Waals surface area contributed by atoms with Crippen LogP contribution in [-0.2, 0) is 11.2 Å². The molecule has 4 N–H and O–H groups in total.